The summed E-state index contributed by atoms with van der Waals surface area (Å²) in [5.74, 6) is -0.258. The second-order valence-electron chi connectivity index (χ2n) is 3.43. The average molecular weight is 194 g/mol. The molecule has 1 aromatic rings. The summed E-state index contributed by atoms with van der Waals surface area (Å²) in [5.41, 5.74) is 0.934. The van der Waals surface area contributed by atoms with Crippen LogP contribution in [0.2, 0.25) is 0 Å². The Morgan fingerprint density at radius 3 is 2.57 bits per heavy atom. The number of hydrogen-bond acceptors (Lipinski definition) is 1. The molecule has 1 aromatic carbocycles. The van der Waals surface area contributed by atoms with Gasteiger partial charge in [0.2, 0.25) is 0 Å². The number of hydrogen-bond donors (Lipinski definition) is 1. The Hall–Kier alpha value is -1.58. The highest BCUT2D eigenvalue weighted by Crippen LogP contribution is 2.19. The van der Waals surface area contributed by atoms with E-state index in [1.165, 1.54) is 12.1 Å². The van der Waals surface area contributed by atoms with Crippen LogP contribution in [0.15, 0.2) is 24.3 Å². The van der Waals surface area contributed by atoms with Gasteiger partial charge < -0.3 is 10.2 Å². The van der Waals surface area contributed by atoms with Gasteiger partial charge >= 0.3 is 6.03 Å². The van der Waals surface area contributed by atoms with Crippen molar-refractivity contribution in [1.82, 2.24) is 10.2 Å². The van der Waals surface area contributed by atoms with Gasteiger partial charge in [-0.1, -0.05) is 12.1 Å². The number of nitrogens with zero attached hydrogens (tertiary/aromatic N) is 1. The van der Waals surface area contributed by atoms with Crippen LogP contribution in [0, 0.1) is 5.82 Å². The Morgan fingerprint density at radius 1 is 1.43 bits per heavy atom. The number of amides is 2. The second-order valence-corrected chi connectivity index (χ2v) is 3.43. The molecule has 74 valence electrons. The highest BCUT2D eigenvalue weighted by atomic mass is 19.1. The number of benzene rings is 1. The molecule has 1 saturated heterocycles. The number of rotatable bonds is 1. The van der Waals surface area contributed by atoms with Gasteiger partial charge in [0.05, 0.1) is 6.04 Å². The summed E-state index contributed by atoms with van der Waals surface area (Å²) in [6, 6.07) is 6.09. The molecule has 0 saturated carbocycles. The number of carbonyl (C=O) groups is 1. The summed E-state index contributed by atoms with van der Waals surface area (Å²) >= 11 is 0. The lowest BCUT2D eigenvalue weighted by molar-refractivity contribution is 0.226. The maximum absolute atomic E-state index is 12.6. The zero-order valence-electron chi connectivity index (χ0n) is 7.83. The molecule has 0 radical (unpaired) electrons. The van der Waals surface area contributed by atoms with E-state index in [0.29, 0.717) is 6.54 Å². The van der Waals surface area contributed by atoms with Crippen LogP contribution in [-0.4, -0.2) is 24.5 Å². The minimum Gasteiger partial charge on any atom is -0.329 e. The van der Waals surface area contributed by atoms with Crippen LogP contribution in [0.5, 0.6) is 0 Å². The third kappa shape index (κ3) is 1.55. The van der Waals surface area contributed by atoms with E-state index in [1.807, 2.05) is 0 Å². The number of nitrogens with one attached hydrogen (secondary N) is 1. The molecule has 2 amide bonds. The van der Waals surface area contributed by atoms with E-state index in [2.05, 4.69) is 5.32 Å². The fraction of sp³-hybridized carbons (Fsp3) is 0.300. The predicted molar refractivity (Wildman–Crippen MR) is 50.3 cm³/mol. The number of halogens is 1. The molecule has 4 heteroatoms. The molecule has 1 heterocycles. The van der Waals surface area contributed by atoms with Gasteiger partial charge in [-0.15, -0.1) is 0 Å². The van der Waals surface area contributed by atoms with Crippen LogP contribution < -0.4 is 5.32 Å². The summed E-state index contributed by atoms with van der Waals surface area (Å²) in [7, 11) is 1.73. The zero-order chi connectivity index (χ0) is 10.1. The Kier molecular flexibility index (Phi) is 2.11. The first-order valence-corrected chi connectivity index (χ1v) is 4.44. The quantitative estimate of drug-likeness (QED) is 0.722. The van der Waals surface area contributed by atoms with E-state index in [9.17, 15) is 9.18 Å². The van der Waals surface area contributed by atoms with Crippen molar-refractivity contribution in [1.29, 1.82) is 0 Å². The first-order chi connectivity index (χ1) is 6.66. The fourth-order valence-electron chi connectivity index (χ4n) is 1.55. The molecule has 3 nitrogen and oxygen atoms in total. The van der Waals surface area contributed by atoms with Crippen molar-refractivity contribution in [2.75, 3.05) is 13.6 Å². The van der Waals surface area contributed by atoms with Gasteiger partial charge in [0.1, 0.15) is 5.82 Å². The Labute approximate surface area is 81.5 Å². The lowest BCUT2D eigenvalue weighted by Crippen LogP contribution is -2.23. The van der Waals surface area contributed by atoms with Crippen molar-refractivity contribution in [3.63, 3.8) is 0 Å². The molecule has 0 aromatic heterocycles. The van der Waals surface area contributed by atoms with Crippen LogP contribution in [-0.2, 0) is 0 Å². The Morgan fingerprint density at radius 2 is 2.07 bits per heavy atom. The van der Waals surface area contributed by atoms with Gasteiger partial charge in [-0.05, 0) is 17.7 Å². The predicted octanol–water partition coefficient (Wildman–Crippen LogP) is 1.52. The van der Waals surface area contributed by atoms with Crippen LogP contribution in [0.3, 0.4) is 0 Å². The van der Waals surface area contributed by atoms with Gasteiger partial charge in [0.15, 0.2) is 0 Å². The topological polar surface area (TPSA) is 32.3 Å². The lowest BCUT2D eigenvalue weighted by atomic mass is 10.1. The molecular weight excluding hydrogens is 183 g/mol. The summed E-state index contributed by atoms with van der Waals surface area (Å²) in [6.45, 7) is 0.629. The van der Waals surface area contributed by atoms with Crippen molar-refractivity contribution in [2.24, 2.45) is 0 Å². The monoisotopic (exact) mass is 194 g/mol. The van der Waals surface area contributed by atoms with E-state index in [4.69, 9.17) is 0 Å². The Balaban J connectivity index is 2.17. The molecule has 14 heavy (non-hydrogen) atoms. The van der Waals surface area contributed by atoms with E-state index >= 15 is 0 Å². The average Bonchev–Trinajstić information content (AvgIpc) is 2.48. The minimum absolute atomic E-state index is 0.0203. The number of likely N-dealkylation sites (N-methyl/N-ethyl adjacent to an activating group) is 1. The lowest BCUT2D eigenvalue weighted by Gasteiger charge is -2.08. The summed E-state index contributed by atoms with van der Waals surface area (Å²) in [5, 5.41) is 2.80. The number of carbonyl (C=O) groups excluding carboxylic acids is 1. The third-order valence-electron chi connectivity index (χ3n) is 2.37. The highest BCUT2D eigenvalue weighted by Gasteiger charge is 2.26. The first-order valence-electron chi connectivity index (χ1n) is 4.44. The molecule has 1 N–H and O–H groups in total. The molecule has 1 aliphatic rings. The highest BCUT2D eigenvalue weighted by molar-refractivity contribution is 5.76. The molecule has 2 rings (SSSR count). The van der Waals surface area contributed by atoms with Gasteiger partial charge in [-0.3, -0.25) is 0 Å². The van der Waals surface area contributed by atoms with Crippen LogP contribution in [0.25, 0.3) is 0 Å². The molecule has 1 unspecified atom stereocenters. The zero-order valence-corrected chi connectivity index (χ0v) is 7.83. The van der Waals surface area contributed by atoms with E-state index in [-0.39, 0.29) is 17.9 Å². The summed E-state index contributed by atoms with van der Waals surface area (Å²) in [4.78, 5) is 12.8. The van der Waals surface area contributed by atoms with Crippen molar-refractivity contribution in [3.8, 4) is 0 Å². The summed E-state index contributed by atoms with van der Waals surface area (Å²) < 4.78 is 12.6. The van der Waals surface area contributed by atoms with Gasteiger partial charge in [-0.2, -0.15) is 0 Å². The van der Waals surface area contributed by atoms with Crippen molar-refractivity contribution in [2.45, 2.75) is 6.04 Å². The second kappa shape index (κ2) is 3.29. The molecule has 1 fully saturated rings. The molecule has 0 spiro atoms. The SMILES string of the molecule is CN1CC(c2ccc(F)cc2)NC1=O. The molecule has 0 bridgehead atoms. The maximum Gasteiger partial charge on any atom is 0.317 e. The van der Waals surface area contributed by atoms with Gasteiger partial charge in [0, 0.05) is 13.6 Å². The van der Waals surface area contributed by atoms with Crippen LogP contribution in [0.4, 0.5) is 9.18 Å². The Bertz CT molecular complexity index is 350. The fourth-order valence-corrected chi connectivity index (χ4v) is 1.55. The van der Waals surface area contributed by atoms with Crippen molar-refractivity contribution < 1.29 is 9.18 Å². The summed E-state index contributed by atoms with van der Waals surface area (Å²) in [6.07, 6.45) is 0. The smallest absolute Gasteiger partial charge is 0.317 e. The van der Waals surface area contributed by atoms with Crippen molar-refractivity contribution in [3.05, 3.63) is 35.6 Å². The molecule has 0 aliphatic carbocycles. The van der Waals surface area contributed by atoms with Gasteiger partial charge in [0.25, 0.3) is 0 Å². The van der Waals surface area contributed by atoms with E-state index in [1.54, 1.807) is 24.1 Å². The van der Waals surface area contributed by atoms with Crippen molar-refractivity contribution >= 4 is 6.03 Å². The van der Waals surface area contributed by atoms with Crippen LogP contribution in [0.1, 0.15) is 11.6 Å². The van der Waals surface area contributed by atoms with Gasteiger partial charge in [-0.25, -0.2) is 9.18 Å². The largest absolute Gasteiger partial charge is 0.329 e. The minimum atomic E-state index is -0.258. The first kappa shape index (κ1) is 8.99. The van der Waals surface area contributed by atoms with Crippen LogP contribution >= 0.6 is 0 Å². The molecule has 1 aliphatic heterocycles. The maximum atomic E-state index is 12.6. The molecular formula is C10H11FN2O. The van der Waals surface area contributed by atoms with E-state index < -0.39 is 0 Å². The normalized spacial score (nSPS) is 21.1. The van der Waals surface area contributed by atoms with E-state index in [0.717, 1.165) is 5.56 Å². The number of urea groups is 1. The third-order valence-corrected chi connectivity index (χ3v) is 2.37. The standard InChI is InChI=1S/C10H11FN2O/c1-13-6-9(12-10(13)14)7-2-4-8(11)5-3-7/h2-5,9H,6H2,1H3,(H,12,14). The molecule has 1 atom stereocenters.